The Bertz CT molecular complexity index is 976. The molecule has 3 aromatic rings. The molecule has 6 nitrogen and oxygen atoms in total. The number of thiazole rings is 1. The van der Waals surface area contributed by atoms with E-state index in [0.29, 0.717) is 19.0 Å². The molecule has 2 aromatic heterocycles. The first-order chi connectivity index (χ1) is 14.0. The first-order valence-corrected chi connectivity index (χ1v) is 10.8. The van der Waals surface area contributed by atoms with Crippen LogP contribution in [0.25, 0.3) is 10.3 Å². The predicted molar refractivity (Wildman–Crippen MR) is 117 cm³/mol. The molecule has 0 bridgehead atoms. The third-order valence-electron chi connectivity index (χ3n) is 5.29. The van der Waals surface area contributed by atoms with E-state index in [-0.39, 0.29) is 12.5 Å². The van der Waals surface area contributed by atoms with Crippen molar-refractivity contribution in [3.8, 4) is 5.75 Å². The average Bonchev–Trinajstić information content (AvgIpc) is 3.17. The average molecular weight is 411 g/mol. The summed E-state index contributed by atoms with van der Waals surface area (Å²) in [5, 5.41) is 0.975. The molecule has 0 spiro atoms. The van der Waals surface area contributed by atoms with Gasteiger partial charge in [-0.1, -0.05) is 37.3 Å². The number of anilines is 1. The van der Waals surface area contributed by atoms with E-state index in [4.69, 9.17) is 4.74 Å². The Balaban J connectivity index is 1.33. The molecule has 0 atom stereocenters. The first-order valence-electron chi connectivity index (χ1n) is 9.99. The van der Waals surface area contributed by atoms with Gasteiger partial charge in [-0.25, -0.2) is 9.97 Å². The molecular formula is C22H26N4O2S. The van der Waals surface area contributed by atoms with Crippen LogP contribution in [0.1, 0.15) is 30.9 Å². The molecule has 0 N–H and O–H groups in total. The fourth-order valence-electron chi connectivity index (χ4n) is 3.40. The Kier molecular flexibility index (Phi) is 5.67. The lowest BCUT2D eigenvalue weighted by atomic mass is 10.0. The number of pyridine rings is 1. The number of amides is 1. The van der Waals surface area contributed by atoms with E-state index in [0.717, 1.165) is 39.9 Å². The normalized spacial score (nSPS) is 14.6. The largest absolute Gasteiger partial charge is 0.483 e. The fraction of sp³-hybridized carbons (Fsp3) is 0.409. The van der Waals surface area contributed by atoms with E-state index < -0.39 is 0 Å². The van der Waals surface area contributed by atoms with Crippen molar-refractivity contribution in [2.75, 3.05) is 37.7 Å². The second kappa shape index (κ2) is 8.37. The van der Waals surface area contributed by atoms with Crippen molar-refractivity contribution >= 4 is 32.7 Å². The van der Waals surface area contributed by atoms with Gasteiger partial charge < -0.3 is 14.5 Å². The van der Waals surface area contributed by atoms with Gasteiger partial charge in [0.05, 0.1) is 0 Å². The van der Waals surface area contributed by atoms with Gasteiger partial charge in [0, 0.05) is 32.4 Å². The number of carbonyl (C=O) groups is 1. The molecule has 29 heavy (non-hydrogen) atoms. The van der Waals surface area contributed by atoms with Crippen molar-refractivity contribution in [1.82, 2.24) is 14.9 Å². The number of carbonyl (C=O) groups excluding carboxylic acids is 1. The molecular weight excluding hydrogens is 384 g/mol. The third kappa shape index (κ3) is 4.34. The molecule has 0 aliphatic carbocycles. The Morgan fingerprint density at radius 2 is 2.00 bits per heavy atom. The number of hydrogen-bond acceptors (Lipinski definition) is 6. The zero-order valence-electron chi connectivity index (χ0n) is 17.1. The second-order valence-corrected chi connectivity index (χ2v) is 8.62. The molecule has 4 rings (SSSR count). The van der Waals surface area contributed by atoms with Crippen LogP contribution in [0.5, 0.6) is 5.75 Å². The molecule has 1 aromatic carbocycles. The van der Waals surface area contributed by atoms with Crippen LogP contribution in [0.15, 0.2) is 36.5 Å². The summed E-state index contributed by atoms with van der Waals surface area (Å²) in [5.74, 6) is 1.26. The topological polar surface area (TPSA) is 58.6 Å². The van der Waals surface area contributed by atoms with E-state index >= 15 is 0 Å². The monoisotopic (exact) mass is 410 g/mol. The zero-order chi connectivity index (χ0) is 20.4. The van der Waals surface area contributed by atoms with Crippen molar-refractivity contribution in [3.05, 3.63) is 47.7 Å². The molecule has 1 amide bonds. The Labute approximate surface area is 175 Å². The molecule has 7 heteroatoms. The lowest BCUT2D eigenvalue weighted by Crippen LogP contribution is -2.50. The summed E-state index contributed by atoms with van der Waals surface area (Å²) < 4.78 is 5.87. The number of piperazine rings is 1. The lowest BCUT2D eigenvalue weighted by molar-refractivity contribution is -0.133. The predicted octanol–water partition coefficient (Wildman–Crippen LogP) is 3.85. The molecule has 1 saturated heterocycles. The highest BCUT2D eigenvalue weighted by Crippen LogP contribution is 2.28. The molecule has 1 fully saturated rings. The third-order valence-corrected chi connectivity index (χ3v) is 6.33. The molecule has 3 heterocycles. The summed E-state index contributed by atoms with van der Waals surface area (Å²) in [6.45, 7) is 9.29. The molecule has 1 aliphatic rings. The van der Waals surface area contributed by atoms with Crippen LogP contribution in [-0.2, 0) is 4.79 Å². The summed E-state index contributed by atoms with van der Waals surface area (Å²) in [7, 11) is 0. The number of rotatable bonds is 5. The summed E-state index contributed by atoms with van der Waals surface area (Å²) >= 11 is 1.60. The molecule has 1 aliphatic heterocycles. The van der Waals surface area contributed by atoms with Gasteiger partial charge in [0.15, 0.2) is 11.7 Å². The van der Waals surface area contributed by atoms with Crippen molar-refractivity contribution in [1.29, 1.82) is 0 Å². The highest BCUT2D eigenvalue weighted by Gasteiger charge is 2.23. The molecule has 152 valence electrons. The van der Waals surface area contributed by atoms with Crippen LogP contribution in [0.3, 0.4) is 0 Å². The van der Waals surface area contributed by atoms with E-state index in [1.54, 1.807) is 17.5 Å². The summed E-state index contributed by atoms with van der Waals surface area (Å²) in [4.78, 5) is 26.7. The zero-order valence-corrected chi connectivity index (χ0v) is 17.9. The summed E-state index contributed by atoms with van der Waals surface area (Å²) in [6.07, 6.45) is 1.79. The van der Waals surface area contributed by atoms with Crippen molar-refractivity contribution in [2.45, 2.75) is 26.7 Å². The van der Waals surface area contributed by atoms with E-state index in [1.807, 2.05) is 30.0 Å². The highest BCUT2D eigenvalue weighted by molar-refractivity contribution is 7.21. The van der Waals surface area contributed by atoms with E-state index in [1.165, 1.54) is 5.56 Å². The Morgan fingerprint density at radius 3 is 2.72 bits per heavy atom. The van der Waals surface area contributed by atoms with Gasteiger partial charge >= 0.3 is 0 Å². The molecule has 0 unspecified atom stereocenters. The number of hydrogen-bond donors (Lipinski definition) is 0. The minimum Gasteiger partial charge on any atom is -0.483 e. The van der Waals surface area contributed by atoms with Gasteiger partial charge in [0.1, 0.15) is 16.1 Å². The summed E-state index contributed by atoms with van der Waals surface area (Å²) in [5.41, 5.74) is 3.20. The van der Waals surface area contributed by atoms with E-state index in [2.05, 4.69) is 40.8 Å². The van der Waals surface area contributed by atoms with Gasteiger partial charge in [-0.2, -0.15) is 0 Å². The van der Waals surface area contributed by atoms with Crippen molar-refractivity contribution in [3.63, 3.8) is 0 Å². The maximum absolute atomic E-state index is 12.6. The van der Waals surface area contributed by atoms with Crippen LogP contribution in [0.2, 0.25) is 0 Å². The van der Waals surface area contributed by atoms with Crippen molar-refractivity contribution in [2.24, 2.45) is 0 Å². The minimum absolute atomic E-state index is 0.0324. The number of nitrogens with zero attached hydrogens (tertiary/aromatic N) is 4. The SMILES string of the molecule is Cc1ccc(C(C)C)cc1OCC(=O)N1CCN(c2nc3cccnc3s2)CC1. The number of ether oxygens (including phenoxy) is 1. The smallest absolute Gasteiger partial charge is 0.260 e. The van der Waals surface area contributed by atoms with E-state index in [9.17, 15) is 4.79 Å². The standard InChI is InChI=1S/C22H26N4O2S/c1-15(2)17-7-6-16(3)19(13-17)28-14-20(27)25-9-11-26(12-10-25)22-24-18-5-4-8-23-21(18)29-22/h4-8,13,15H,9-12,14H2,1-3H3. The van der Waals surface area contributed by atoms with Gasteiger partial charge in [0.2, 0.25) is 0 Å². The molecule has 0 radical (unpaired) electrons. The van der Waals surface area contributed by atoms with Crippen LogP contribution in [0, 0.1) is 6.92 Å². The van der Waals surface area contributed by atoms with Crippen LogP contribution < -0.4 is 9.64 Å². The number of aromatic nitrogens is 2. The summed E-state index contributed by atoms with van der Waals surface area (Å²) in [6, 6.07) is 10.1. The van der Waals surface area contributed by atoms with Crippen LogP contribution in [-0.4, -0.2) is 53.6 Å². The maximum Gasteiger partial charge on any atom is 0.260 e. The molecule has 0 saturated carbocycles. The fourth-order valence-corrected chi connectivity index (χ4v) is 4.36. The first kappa shape index (κ1) is 19.6. The van der Waals surface area contributed by atoms with Gasteiger partial charge in [-0.3, -0.25) is 4.79 Å². The van der Waals surface area contributed by atoms with Crippen LogP contribution >= 0.6 is 11.3 Å². The quantitative estimate of drug-likeness (QED) is 0.639. The maximum atomic E-state index is 12.6. The number of benzene rings is 1. The number of aryl methyl sites for hydroxylation is 1. The second-order valence-electron chi connectivity index (χ2n) is 7.66. The van der Waals surface area contributed by atoms with Gasteiger partial charge in [0.25, 0.3) is 5.91 Å². The Hall–Kier alpha value is -2.67. The number of fused-ring (bicyclic) bond motifs is 1. The van der Waals surface area contributed by atoms with Gasteiger partial charge in [-0.15, -0.1) is 0 Å². The van der Waals surface area contributed by atoms with Crippen LogP contribution in [0.4, 0.5) is 5.13 Å². The Morgan fingerprint density at radius 1 is 1.21 bits per heavy atom. The highest BCUT2D eigenvalue weighted by atomic mass is 32.1. The lowest BCUT2D eigenvalue weighted by Gasteiger charge is -2.34. The van der Waals surface area contributed by atoms with Gasteiger partial charge in [-0.05, 0) is 42.2 Å². The minimum atomic E-state index is 0.0324. The van der Waals surface area contributed by atoms with Crippen molar-refractivity contribution < 1.29 is 9.53 Å².